The first-order valence-corrected chi connectivity index (χ1v) is 12.3. The molecule has 0 saturated heterocycles. The number of sulfonamides is 1. The van der Waals surface area contributed by atoms with Gasteiger partial charge in [-0.05, 0) is 38.0 Å². The largest absolute Gasteiger partial charge is 0.495 e. The molecule has 11 heteroatoms. The minimum absolute atomic E-state index is 0.00326. The van der Waals surface area contributed by atoms with Gasteiger partial charge in [-0.25, -0.2) is 23.3 Å². The second-order valence-corrected chi connectivity index (χ2v) is 9.68. The van der Waals surface area contributed by atoms with Crippen LogP contribution >= 0.6 is 11.3 Å². The van der Waals surface area contributed by atoms with E-state index in [-0.39, 0.29) is 28.2 Å². The third-order valence-corrected chi connectivity index (χ3v) is 6.84. The van der Waals surface area contributed by atoms with Crippen molar-refractivity contribution >= 4 is 38.4 Å². The van der Waals surface area contributed by atoms with Crippen molar-refractivity contribution in [2.75, 3.05) is 12.0 Å². The summed E-state index contributed by atoms with van der Waals surface area (Å²) in [6.07, 6.45) is 5.45. The number of esters is 1. The number of rotatable bonds is 7. The number of anilines is 1. The van der Waals surface area contributed by atoms with E-state index in [0.29, 0.717) is 5.13 Å². The highest BCUT2D eigenvalue weighted by molar-refractivity contribution is 7.89. The fourth-order valence-electron chi connectivity index (χ4n) is 3.61. The molecule has 1 unspecified atom stereocenters. The van der Waals surface area contributed by atoms with E-state index in [1.807, 2.05) is 0 Å². The number of carbonyl (C=O) groups is 2. The second kappa shape index (κ2) is 9.75. The molecule has 0 spiro atoms. The number of hydrogen-bond donors (Lipinski definition) is 1. The predicted octanol–water partition coefficient (Wildman–Crippen LogP) is 2.71. The third kappa shape index (κ3) is 5.41. The van der Waals surface area contributed by atoms with E-state index in [0.717, 1.165) is 38.2 Å². The zero-order valence-electron chi connectivity index (χ0n) is 17.3. The van der Waals surface area contributed by atoms with E-state index in [9.17, 15) is 18.0 Å². The molecule has 0 bridgehead atoms. The van der Waals surface area contributed by atoms with Gasteiger partial charge in [0.25, 0.3) is 5.91 Å². The van der Waals surface area contributed by atoms with Gasteiger partial charge in [0.1, 0.15) is 10.6 Å². The van der Waals surface area contributed by atoms with Crippen LogP contribution in [0, 0.1) is 0 Å². The van der Waals surface area contributed by atoms with Crippen LogP contribution in [0.4, 0.5) is 5.13 Å². The van der Waals surface area contributed by atoms with Gasteiger partial charge >= 0.3 is 5.97 Å². The molecule has 1 atom stereocenters. The van der Waals surface area contributed by atoms with Crippen LogP contribution in [0.25, 0.3) is 0 Å². The van der Waals surface area contributed by atoms with Crippen molar-refractivity contribution in [3.05, 3.63) is 35.3 Å². The highest BCUT2D eigenvalue weighted by atomic mass is 32.2. The number of methoxy groups -OCH3 is 1. The fraction of sp³-hybridized carbons (Fsp3) is 0.450. The van der Waals surface area contributed by atoms with Crippen LogP contribution in [-0.4, -0.2) is 44.5 Å². The topological polar surface area (TPSA) is 129 Å². The van der Waals surface area contributed by atoms with Crippen molar-refractivity contribution in [3.63, 3.8) is 0 Å². The lowest BCUT2D eigenvalue weighted by Gasteiger charge is -2.33. The molecular formula is C20H25N3O6S2. The summed E-state index contributed by atoms with van der Waals surface area (Å²) in [5.41, 5.74) is -0.0528. The normalized spacial score (nSPS) is 15.8. The highest BCUT2D eigenvalue weighted by Gasteiger charge is 2.33. The first-order chi connectivity index (χ1) is 14.7. The van der Waals surface area contributed by atoms with Crippen molar-refractivity contribution < 1.29 is 27.5 Å². The lowest BCUT2D eigenvalue weighted by Crippen LogP contribution is -2.47. The van der Waals surface area contributed by atoms with Crippen LogP contribution in [-0.2, 0) is 19.6 Å². The maximum absolute atomic E-state index is 13.2. The Hall–Kier alpha value is -2.50. The van der Waals surface area contributed by atoms with Gasteiger partial charge in [0.2, 0.25) is 10.0 Å². The number of benzene rings is 1. The molecule has 1 aromatic carbocycles. The molecule has 168 valence electrons. The zero-order chi connectivity index (χ0) is 22.6. The molecule has 1 heterocycles. The zero-order valence-corrected chi connectivity index (χ0v) is 18.9. The number of aromatic nitrogens is 1. The summed E-state index contributed by atoms with van der Waals surface area (Å²) >= 11 is 1.35. The van der Waals surface area contributed by atoms with E-state index in [4.69, 9.17) is 14.6 Å². The van der Waals surface area contributed by atoms with Crippen molar-refractivity contribution in [1.82, 2.24) is 4.98 Å². The summed E-state index contributed by atoms with van der Waals surface area (Å²) in [7, 11) is -2.83. The van der Waals surface area contributed by atoms with Crippen molar-refractivity contribution in [2.24, 2.45) is 5.14 Å². The number of primary sulfonamides is 1. The third-order valence-electron chi connectivity index (χ3n) is 5.14. The monoisotopic (exact) mass is 467 g/mol. The van der Waals surface area contributed by atoms with Crippen LogP contribution < -0.4 is 14.8 Å². The number of thiazole rings is 1. The molecule has 2 N–H and O–H groups in total. The van der Waals surface area contributed by atoms with E-state index < -0.39 is 22.1 Å². The van der Waals surface area contributed by atoms with Gasteiger partial charge in [-0.15, -0.1) is 11.3 Å². The number of nitrogens with zero attached hydrogens (tertiary/aromatic N) is 2. The van der Waals surface area contributed by atoms with Gasteiger partial charge in [0.05, 0.1) is 12.7 Å². The number of amides is 1. The molecule has 0 aliphatic heterocycles. The molecule has 1 aromatic heterocycles. The Kier molecular flexibility index (Phi) is 7.29. The smallest absolute Gasteiger partial charge is 0.338 e. The second-order valence-electron chi connectivity index (χ2n) is 7.27. The van der Waals surface area contributed by atoms with E-state index >= 15 is 0 Å². The number of ether oxygens (including phenoxy) is 2. The lowest BCUT2D eigenvalue weighted by molar-refractivity contribution is -0.127. The van der Waals surface area contributed by atoms with Gasteiger partial charge in [0.15, 0.2) is 11.2 Å². The molecule has 0 radical (unpaired) electrons. The van der Waals surface area contributed by atoms with Crippen LogP contribution in [0.3, 0.4) is 0 Å². The first kappa shape index (κ1) is 23.2. The Morgan fingerprint density at radius 3 is 2.55 bits per heavy atom. The van der Waals surface area contributed by atoms with E-state index in [1.54, 1.807) is 16.5 Å². The molecule has 1 aliphatic carbocycles. The minimum Gasteiger partial charge on any atom is -0.495 e. The van der Waals surface area contributed by atoms with Crippen LogP contribution in [0.5, 0.6) is 5.75 Å². The number of hydrogen-bond acceptors (Lipinski definition) is 8. The SMILES string of the molecule is COc1ccc(C(=O)OC(C)C(=O)N(c2nccs2)C2CCCCC2)cc1S(N)(=O)=O. The summed E-state index contributed by atoms with van der Waals surface area (Å²) in [6.45, 7) is 1.49. The Morgan fingerprint density at radius 2 is 1.97 bits per heavy atom. The maximum atomic E-state index is 13.2. The van der Waals surface area contributed by atoms with Crippen molar-refractivity contribution in [1.29, 1.82) is 0 Å². The minimum atomic E-state index is -4.12. The average molecular weight is 468 g/mol. The van der Waals surface area contributed by atoms with Gasteiger partial charge < -0.3 is 9.47 Å². The maximum Gasteiger partial charge on any atom is 0.338 e. The average Bonchev–Trinajstić information content (AvgIpc) is 3.27. The summed E-state index contributed by atoms with van der Waals surface area (Å²) in [6, 6.07) is 3.75. The molecule has 31 heavy (non-hydrogen) atoms. The first-order valence-electron chi connectivity index (χ1n) is 9.86. The molecule has 9 nitrogen and oxygen atoms in total. The molecule has 1 fully saturated rings. The summed E-state index contributed by atoms with van der Waals surface area (Å²) < 4.78 is 34.0. The number of nitrogens with two attached hydrogens (primary N) is 1. The quantitative estimate of drug-likeness (QED) is 0.620. The highest BCUT2D eigenvalue weighted by Crippen LogP contribution is 2.30. The standard InChI is InChI=1S/C20H25N3O6S2/c1-13(18(24)23(20-22-10-11-30-20)15-6-4-3-5-7-15)29-19(25)14-8-9-16(28-2)17(12-14)31(21,26)27/h8-13,15H,3-7H2,1-2H3,(H2,21,26,27). The van der Waals surface area contributed by atoms with Crippen molar-refractivity contribution in [2.45, 2.75) is 56.1 Å². The summed E-state index contributed by atoms with van der Waals surface area (Å²) in [4.78, 5) is 31.4. The van der Waals surface area contributed by atoms with Crippen LogP contribution in [0.1, 0.15) is 49.4 Å². The fourth-order valence-corrected chi connectivity index (χ4v) is 5.05. The van der Waals surface area contributed by atoms with E-state index in [2.05, 4.69) is 4.98 Å². The Labute approximate surface area is 185 Å². The molecule has 3 rings (SSSR count). The molecule has 1 aliphatic rings. The molecule has 1 saturated carbocycles. The van der Waals surface area contributed by atoms with Crippen molar-refractivity contribution in [3.8, 4) is 5.75 Å². The predicted molar refractivity (Wildman–Crippen MR) is 116 cm³/mol. The van der Waals surface area contributed by atoms with Gasteiger partial charge in [-0.1, -0.05) is 19.3 Å². The lowest BCUT2D eigenvalue weighted by atomic mass is 9.94. The van der Waals surface area contributed by atoms with Gasteiger partial charge in [0, 0.05) is 17.6 Å². The summed E-state index contributed by atoms with van der Waals surface area (Å²) in [5.74, 6) is -1.19. The Morgan fingerprint density at radius 1 is 1.26 bits per heavy atom. The molecule has 2 aromatic rings. The molecular weight excluding hydrogens is 442 g/mol. The number of carbonyl (C=O) groups excluding carboxylic acids is 2. The summed E-state index contributed by atoms with van der Waals surface area (Å²) in [5, 5.41) is 7.56. The van der Waals surface area contributed by atoms with Gasteiger partial charge in [-0.3, -0.25) is 9.69 Å². The van der Waals surface area contributed by atoms with E-state index in [1.165, 1.54) is 37.5 Å². The molecule has 1 amide bonds. The van der Waals surface area contributed by atoms with Gasteiger partial charge in [-0.2, -0.15) is 0 Å². The van der Waals surface area contributed by atoms with Crippen LogP contribution in [0.2, 0.25) is 0 Å². The Balaban J connectivity index is 1.80. The van der Waals surface area contributed by atoms with Crippen LogP contribution in [0.15, 0.2) is 34.7 Å². The Bertz CT molecular complexity index is 1030.